The van der Waals surface area contributed by atoms with Crippen LogP contribution in [0.25, 0.3) is 11.1 Å². The maximum atomic E-state index is 5.94. The monoisotopic (exact) mass is 254 g/mol. The van der Waals surface area contributed by atoms with E-state index in [1.807, 2.05) is 12.1 Å². The first-order valence-corrected chi connectivity index (χ1v) is 6.74. The van der Waals surface area contributed by atoms with Crippen LogP contribution in [0.2, 0.25) is 5.02 Å². The average molecular weight is 255 g/mol. The Bertz CT molecular complexity index is 579. The lowest BCUT2D eigenvalue weighted by molar-refractivity contribution is 0.884. The highest BCUT2D eigenvalue weighted by molar-refractivity contribution is 6.30. The van der Waals surface area contributed by atoms with E-state index in [0.717, 1.165) is 5.02 Å². The smallest absolute Gasteiger partial charge is 0.0406 e. The topological polar surface area (TPSA) is 0 Å². The first kappa shape index (κ1) is 11.6. The van der Waals surface area contributed by atoms with Gasteiger partial charge in [-0.2, -0.15) is 0 Å². The van der Waals surface area contributed by atoms with E-state index in [-0.39, 0.29) is 0 Å². The van der Waals surface area contributed by atoms with E-state index in [2.05, 4.69) is 49.4 Å². The van der Waals surface area contributed by atoms with E-state index in [9.17, 15) is 0 Å². The van der Waals surface area contributed by atoms with Crippen LogP contribution in [-0.4, -0.2) is 0 Å². The van der Waals surface area contributed by atoms with Crippen molar-refractivity contribution >= 4 is 22.7 Å². The van der Waals surface area contributed by atoms with Crippen molar-refractivity contribution in [1.82, 2.24) is 0 Å². The molecular formula is C17H15Cl. The van der Waals surface area contributed by atoms with Gasteiger partial charge in [0.25, 0.3) is 0 Å². The predicted molar refractivity (Wildman–Crippen MR) is 78.5 cm³/mol. The van der Waals surface area contributed by atoms with Crippen molar-refractivity contribution in [2.24, 2.45) is 5.92 Å². The lowest BCUT2D eigenvalue weighted by Gasteiger charge is -1.97. The molecule has 1 heteroatoms. The Morgan fingerprint density at radius 1 is 0.833 bits per heavy atom. The fourth-order valence-electron chi connectivity index (χ4n) is 2.64. The molecule has 2 aromatic rings. The molecule has 1 aliphatic rings. The van der Waals surface area contributed by atoms with E-state index in [4.69, 9.17) is 11.6 Å². The molecule has 0 bridgehead atoms. The standard InChI is InChI=1S/C17H15Cl/c1-2-15-16(12-6-4-3-5-7-12)17(15)13-8-10-14(18)11-9-13/h3-11,15H,2H2,1H3. The molecular weight excluding hydrogens is 240 g/mol. The highest BCUT2D eigenvalue weighted by Gasteiger charge is 2.36. The summed E-state index contributed by atoms with van der Waals surface area (Å²) in [4.78, 5) is 0. The Balaban J connectivity index is 2.00. The summed E-state index contributed by atoms with van der Waals surface area (Å²) in [6.07, 6.45) is 1.17. The normalized spacial score (nSPS) is 18.0. The Hall–Kier alpha value is -1.53. The van der Waals surface area contributed by atoms with Gasteiger partial charge in [-0.15, -0.1) is 0 Å². The van der Waals surface area contributed by atoms with Crippen molar-refractivity contribution in [3.05, 3.63) is 70.7 Å². The van der Waals surface area contributed by atoms with E-state index < -0.39 is 0 Å². The number of benzene rings is 2. The largest absolute Gasteiger partial charge is 0.0843 e. The minimum Gasteiger partial charge on any atom is -0.0843 e. The van der Waals surface area contributed by atoms with Crippen molar-refractivity contribution in [3.8, 4) is 0 Å². The molecule has 0 radical (unpaired) electrons. The highest BCUT2D eigenvalue weighted by Crippen LogP contribution is 2.54. The highest BCUT2D eigenvalue weighted by atomic mass is 35.5. The molecule has 0 aliphatic heterocycles. The summed E-state index contributed by atoms with van der Waals surface area (Å²) in [5, 5.41) is 0.800. The van der Waals surface area contributed by atoms with Gasteiger partial charge in [0, 0.05) is 10.9 Å². The zero-order valence-electron chi connectivity index (χ0n) is 10.4. The third-order valence-electron chi connectivity index (χ3n) is 3.55. The van der Waals surface area contributed by atoms with Crippen molar-refractivity contribution in [2.45, 2.75) is 13.3 Å². The van der Waals surface area contributed by atoms with E-state index in [1.54, 1.807) is 0 Å². The third kappa shape index (κ3) is 1.97. The van der Waals surface area contributed by atoms with Crippen LogP contribution in [0.5, 0.6) is 0 Å². The van der Waals surface area contributed by atoms with Crippen molar-refractivity contribution in [1.29, 1.82) is 0 Å². The number of hydrogen-bond acceptors (Lipinski definition) is 0. The molecule has 0 amide bonds. The van der Waals surface area contributed by atoms with Crippen LogP contribution in [0.1, 0.15) is 24.5 Å². The molecule has 1 aliphatic carbocycles. The van der Waals surface area contributed by atoms with Gasteiger partial charge < -0.3 is 0 Å². The van der Waals surface area contributed by atoms with Gasteiger partial charge in [-0.3, -0.25) is 0 Å². The second-order valence-corrected chi connectivity index (χ2v) is 5.10. The van der Waals surface area contributed by atoms with E-state index >= 15 is 0 Å². The van der Waals surface area contributed by atoms with Gasteiger partial charge in [-0.1, -0.05) is 61.0 Å². The summed E-state index contributed by atoms with van der Waals surface area (Å²) >= 11 is 5.94. The molecule has 90 valence electrons. The Morgan fingerprint density at radius 2 is 1.39 bits per heavy atom. The second-order valence-electron chi connectivity index (χ2n) is 4.66. The van der Waals surface area contributed by atoms with Crippen LogP contribution < -0.4 is 0 Å². The van der Waals surface area contributed by atoms with E-state index in [1.165, 1.54) is 28.7 Å². The Labute approximate surface area is 113 Å². The molecule has 0 fully saturated rings. The number of allylic oxidation sites excluding steroid dienone is 2. The van der Waals surface area contributed by atoms with Crippen LogP contribution in [0.15, 0.2) is 54.6 Å². The molecule has 0 saturated carbocycles. The Morgan fingerprint density at radius 3 is 1.94 bits per heavy atom. The molecule has 3 rings (SSSR count). The van der Waals surface area contributed by atoms with Gasteiger partial charge in [0.1, 0.15) is 0 Å². The second kappa shape index (κ2) is 4.62. The van der Waals surface area contributed by atoms with Crippen molar-refractivity contribution in [3.63, 3.8) is 0 Å². The summed E-state index contributed by atoms with van der Waals surface area (Å²) in [6.45, 7) is 2.25. The summed E-state index contributed by atoms with van der Waals surface area (Å²) in [5.41, 5.74) is 5.65. The summed E-state index contributed by atoms with van der Waals surface area (Å²) in [6, 6.07) is 18.8. The maximum absolute atomic E-state index is 5.94. The van der Waals surface area contributed by atoms with Gasteiger partial charge in [0.2, 0.25) is 0 Å². The van der Waals surface area contributed by atoms with Crippen LogP contribution in [0.4, 0.5) is 0 Å². The minimum atomic E-state index is 0.619. The first-order valence-electron chi connectivity index (χ1n) is 6.36. The molecule has 0 heterocycles. The molecule has 0 N–H and O–H groups in total. The van der Waals surface area contributed by atoms with Crippen LogP contribution in [-0.2, 0) is 0 Å². The number of rotatable bonds is 3. The Kier molecular flexibility index (Phi) is 2.97. The van der Waals surface area contributed by atoms with Gasteiger partial charge in [-0.25, -0.2) is 0 Å². The fourth-order valence-corrected chi connectivity index (χ4v) is 2.76. The zero-order valence-corrected chi connectivity index (χ0v) is 11.1. The predicted octanol–water partition coefficient (Wildman–Crippen LogP) is 5.29. The third-order valence-corrected chi connectivity index (χ3v) is 3.80. The summed E-state index contributed by atoms with van der Waals surface area (Å²) in [5.74, 6) is 0.619. The quantitative estimate of drug-likeness (QED) is 0.698. The molecule has 2 aromatic carbocycles. The zero-order chi connectivity index (χ0) is 12.5. The SMILES string of the molecule is CCC1C(c2ccccc2)=C1c1ccc(Cl)cc1. The van der Waals surface area contributed by atoms with Crippen LogP contribution in [0, 0.1) is 5.92 Å². The van der Waals surface area contributed by atoms with Crippen LogP contribution >= 0.6 is 11.6 Å². The van der Waals surface area contributed by atoms with E-state index in [0.29, 0.717) is 5.92 Å². The van der Waals surface area contributed by atoms with Gasteiger partial charge in [0.05, 0.1) is 0 Å². The van der Waals surface area contributed by atoms with Gasteiger partial charge >= 0.3 is 0 Å². The van der Waals surface area contributed by atoms with Crippen molar-refractivity contribution in [2.75, 3.05) is 0 Å². The number of halogens is 1. The molecule has 0 spiro atoms. The fraction of sp³-hybridized carbons (Fsp3) is 0.176. The molecule has 18 heavy (non-hydrogen) atoms. The van der Waals surface area contributed by atoms with Gasteiger partial charge in [-0.05, 0) is 40.8 Å². The maximum Gasteiger partial charge on any atom is 0.0406 e. The molecule has 1 atom stereocenters. The minimum absolute atomic E-state index is 0.619. The average Bonchev–Trinajstić information content (AvgIpc) is 3.15. The molecule has 0 saturated heterocycles. The number of hydrogen-bond donors (Lipinski definition) is 0. The molecule has 0 nitrogen and oxygen atoms in total. The summed E-state index contributed by atoms with van der Waals surface area (Å²) in [7, 11) is 0. The van der Waals surface area contributed by atoms with Gasteiger partial charge in [0.15, 0.2) is 0 Å². The summed E-state index contributed by atoms with van der Waals surface area (Å²) < 4.78 is 0. The first-order chi connectivity index (χ1) is 8.81. The van der Waals surface area contributed by atoms with Crippen molar-refractivity contribution < 1.29 is 0 Å². The lowest BCUT2D eigenvalue weighted by atomic mass is 10.1. The molecule has 0 aromatic heterocycles. The molecule has 1 unspecified atom stereocenters. The van der Waals surface area contributed by atoms with Crippen LogP contribution in [0.3, 0.4) is 0 Å². The lowest BCUT2D eigenvalue weighted by Crippen LogP contribution is -1.81.